The van der Waals surface area contributed by atoms with Crippen LogP contribution in [0.4, 0.5) is 26.9 Å². The zero-order chi connectivity index (χ0) is 74.1. The van der Waals surface area contributed by atoms with Gasteiger partial charge < -0.3 is 40.2 Å². The van der Waals surface area contributed by atoms with Crippen molar-refractivity contribution in [3.63, 3.8) is 0 Å². The highest BCUT2D eigenvalue weighted by molar-refractivity contribution is 8.24. The second-order valence-electron chi connectivity index (χ2n) is 20.6. The molecule has 0 unspecified atom stereocenters. The molecule has 2 aliphatic rings. The number of carbonyl (C=O) groups excluding carboxylic acids is 3. The van der Waals surface area contributed by atoms with E-state index in [0.717, 1.165) is 83.9 Å². The van der Waals surface area contributed by atoms with Gasteiger partial charge in [-0.25, -0.2) is 45.1 Å². The number of anilines is 3. The minimum atomic E-state index is -3.22. The highest BCUT2D eigenvalue weighted by atomic mass is 36.0. The van der Waals surface area contributed by atoms with Crippen LogP contribution in [-0.2, 0) is 18.8 Å². The Labute approximate surface area is 628 Å². The lowest BCUT2D eigenvalue weighted by Crippen LogP contribution is -2.45. The largest absolute Gasteiger partial charge is 0.457 e. The Morgan fingerprint density at radius 2 is 1.02 bits per heavy atom. The van der Waals surface area contributed by atoms with Gasteiger partial charge in [-0.1, -0.05) is 65.4 Å². The molecule has 0 saturated carbocycles. The topological polar surface area (TPSA) is 381 Å². The first kappa shape index (κ1) is 85.5. The number of benzene rings is 5. The number of aromatic amines is 1. The molecule has 101 heavy (non-hydrogen) atoms. The van der Waals surface area contributed by atoms with E-state index in [1.54, 1.807) is 55.5 Å². The van der Waals surface area contributed by atoms with Crippen LogP contribution in [0.3, 0.4) is 0 Å². The molecule has 2 amide bonds. The number of nitrogens with zero attached hydrogens (tertiary/aromatic N) is 16. The molecule has 29 nitrogen and oxygen atoms in total. The molecule has 2 saturated heterocycles. The van der Waals surface area contributed by atoms with E-state index in [-0.39, 0.29) is 24.3 Å². The van der Waals surface area contributed by atoms with E-state index in [1.807, 2.05) is 66.3 Å². The van der Waals surface area contributed by atoms with Gasteiger partial charge in [-0.2, -0.15) is 24.1 Å². The number of aromatic nitrogens is 12. The van der Waals surface area contributed by atoms with Crippen molar-refractivity contribution in [2.24, 2.45) is 5.84 Å². The van der Waals surface area contributed by atoms with Gasteiger partial charge in [0.05, 0.1) is 53.3 Å². The number of carbonyl (C=O) groups is 3. The van der Waals surface area contributed by atoms with Crippen LogP contribution in [0.2, 0.25) is 30.4 Å². The smallest absolute Gasteiger partial charge is 0.411 e. The predicted octanol–water partition coefficient (Wildman–Crippen LogP) is 13.6. The molecule has 0 bridgehead atoms. The molecule has 0 aliphatic carbocycles. The number of amides is 2. The monoisotopic (exact) mass is 1600 g/mol. The molecule has 13 rings (SSSR count). The lowest BCUT2D eigenvalue weighted by molar-refractivity contribution is -0.119. The molecule has 40 heteroatoms. The molecular formula is C61H67Cl10N22O7P. The summed E-state index contributed by atoms with van der Waals surface area (Å²) in [6, 6.07) is 29.6. The highest BCUT2D eigenvalue weighted by Gasteiger charge is 2.22. The van der Waals surface area contributed by atoms with Gasteiger partial charge in [-0.3, -0.25) is 20.1 Å². The Morgan fingerprint density at radius 1 is 0.604 bits per heavy atom. The van der Waals surface area contributed by atoms with Crippen LogP contribution in [-0.4, -0.2) is 167 Å². The fraction of sp³-hybridized carbons (Fsp3) is 0.279. The number of ether oxygens (including phenoxy) is 2. The lowest BCUT2D eigenvalue weighted by Gasteiger charge is -2.33. The van der Waals surface area contributed by atoms with Crippen LogP contribution < -0.4 is 38.2 Å². The van der Waals surface area contributed by atoms with Gasteiger partial charge in [0.25, 0.3) is 0 Å². The standard InChI is InChI=1S/C15H17ClN6.C10H6Cl2N4.C10H7ClN4O.C9H7ClN2O2.C7H5ClN2.C5H12N2.C2H3ClO2.C2H6N2O.CH4.Cl3OP/c1-10-17-14-12-4-3-11(16)9-13(12)18-15(22(14)19-10)21-7-5-20(2)6-8-21;1-5-13-9-7-3-2-6(11)4-8(7)14-10(12)16(9)15-5;1-5-12-9-7-3-2-6(11)4-8(7)13-10(16)15(9)14-5;1-14-9(13)12-8-4-7(10)3-2-6(8)5-11;8-6-2-1-5(4-9)7(10)3-6;1-7-4-2-6-3-5-7;1-5-2(3)4;1-2(5)4-3;;1-5(2,3)4/h3-4,9H,5-8H2,1-2H3;2-4H,1H3;2-4H,1H3,(H,13,16);2-4H,1H3,(H,12,13);1-3H,10H2;6H,2-5H2,1H3;1H3;3H2,1H3,(H,4,5);1H4;. The van der Waals surface area contributed by atoms with Gasteiger partial charge >= 0.3 is 22.4 Å². The number of nitrogens with one attached hydrogen (secondary N) is 4. The molecule has 2 aliphatic heterocycles. The van der Waals surface area contributed by atoms with Crippen molar-refractivity contribution in [3.8, 4) is 12.1 Å². The number of likely N-dealkylation sites (N-methyl/N-ethyl adjacent to an activating group) is 2. The predicted molar refractivity (Wildman–Crippen MR) is 403 cm³/mol. The fourth-order valence-corrected chi connectivity index (χ4v) is 9.60. The molecule has 0 atom stereocenters. The number of aryl methyl sites for hydroxylation is 3. The van der Waals surface area contributed by atoms with E-state index in [9.17, 15) is 23.7 Å². The number of piperazine rings is 2. The summed E-state index contributed by atoms with van der Waals surface area (Å²) in [6.07, 6.45) is -0.635. The van der Waals surface area contributed by atoms with E-state index in [1.165, 1.54) is 55.4 Å². The Balaban J connectivity index is 0.000000252. The Hall–Kier alpha value is -7.91. The second-order valence-corrected chi connectivity index (χ2v) is 30.0. The maximum atomic E-state index is 11.7. The van der Waals surface area contributed by atoms with Crippen LogP contribution in [0, 0.1) is 43.4 Å². The number of H-pyrrole nitrogens is 1. The first-order valence-electron chi connectivity index (χ1n) is 28.8. The zero-order valence-electron chi connectivity index (χ0n) is 54.2. The van der Waals surface area contributed by atoms with Gasteiger partial charge in [0.15, 0.2) is 16.9 Å². The van der Waals surface area contributed by atoms with Crippen molar-refractivity contribution < 1.29 is 28.4 Å². The van der Waals surface area contributed by atoms with E-state index < -0.39 is 16.7 Å². The molecule has 8 heterocycles. The minimum absolute atomic E-state index is 0. The van der Waals surface area contributed by atoms with E-state index in [2.05, 4.69) is 140 Å². The first-order chi connectivity index (χ1) is 47.2. The number of methoxy groups -OCH3 is 2. The zero-order valence-corrected chi connectivity index (χ0v) is 62.7. The molecule has 0 radical (unpaired) electrons. The molecule has 6 aromatic heterocycles. The van der Waals surface area contributed by atoms with Crippen LogP contribution in [0.5, 0.6) is 0 Å². The second kappa shape index (κ2) is 41.3. The van der Waals surface area contributed by atoms with Crippen molar-refractivity contribution in [1.82, 2.24) is 79.3 Å². The number of fused-ring (bicyclic) bond motifs is 9. The highest BCUT2D eigenvalue weighted by Crippen LogP contribution is 2.61. The number of nitrogen functional groups attached to an aromatic ring is 1. The first-order valence-corrected chi connectivity index (χ1v) is 35.9. The SMILES string of the molecule is C.CC(=O)NN.CN1CCNCC1.COC(=O)Cl.COC(=O)Nc1cc(Cl)ccc1C#N.Cc1nc2c3ccc(Cl)cc3[nH]c(=O)n2n1.Cc1nc2c3ccc(Cl)cc3nc(Cl)n2n1.Cc1nc2c3ccc(Cl)cc3nc(N3CCN(C)CC3)n2n1.N#Cc1ccc(Cl)cc1N.O=P(Cl)(Cl)Cl. The van der Waals surface area contributed by atoms with Crippen molar-refractivity contribution in [2.75, 3.05) is 96.6 Å². The third-order valence-corrected chi connectivity index (χ3v) is 14.7. The maximum Gasteiger partial charge on any atom is 0.411 e. The Kier molecular flexibility index (Phi) is 34.9. The molecule has 0 spiro atoms. The normalized spacial score (nSPS) is 12.4. The van der Waals surface area contributed by atoms with E-state index in [0.29, 0.717) is 76.1 Å². The summed E-state index contributed by atoms with van der Waals surface area (Å²) < 4.78 is 22.4. The Bertz CT molecular complexity index is 4840. The average molecular weight is 1610 g/mol. The van der Waals surface area contributed by atoms with Crippen molar-refractivity contribution in [2.45, 2.75) is 35.1 Å². The fourth-order valence-electron chi connectivity index (χ4n) is 8.54. The number of hydrazine groups is 1. The van der Waals surface area contributed by atoms with Crippen LogP contribution in [0.1, 0.15) is 43.0 Å². The van der Waals surface area contributed by atoms with Crippen LogP contribution in [0.25, 0.3) is 49.7 Å². The number of hydrogen-bond acceptors (Lipinski definition) is 23. The maximum absolute atomic E-state index is 11.7. The van der Waals surface area contributed by atoms with Gasteiger partial charge in [0.2, 0.25) is 17.1 Å². The summed E-state index contributed by atoms with van der Waals surface area (Å²) in [5, 5.41) is 38.1. The molecule has 8 N–H and O–H groups in total. The summed E-state index contributed by atoms with van der Waals surface area (Å²) in [5.41, 5.74) is 12.1. The number of halogens is 10. The molecule has 538 valence electrons. The number of hydrogen-bond donors (Lipinski definition) is 6. The van der Waals surface area contributed by atoms with Crippen molar-refractivity contribution in [1.29, 1.82) is 10.5 Å². The number of nitriles is 2. The van der Waals surface area contributed by atoms with Crippen molar-refractivity contribution >= 4 is 205 Å². The summed E-state index contributed by atoms with van der Waals surface area (Å²) in [4.78, 5) is 73.2. The third-order valence-electron chi connectivity index (χ3n) is 13.1. The molecular weight excluding hydrogens is 1540 g/mol. The third kappa shape index (κ3) is 27.4. The summed E-state index contributed by atoms with van der Waals surface area (Å²) >= 11 is 53.6. The van der Waals surface area contributed by atoms with Gasteiger partial charge in [0.1, 0.15) is 29.6 Å². The minimum Gasteiger partial charge on any atom is -0.457 e. The van der Waals surface area contributed by atoms with E-state index >= 15 is 0 Å². The van der Waals surface area contributed by atoms with Gasteiger partial charge in [-0.05, 0) is 171 Å². The van der Waals surface area contributed by atoms with E-state index in [4.69, 9.17) is 90.8 Å². The average Bonchev–Trinajstić information content (AvgIpc) is 1.69. The molecule has 5 aromatic carbocycles. The van der Waals surface area contributed by atoms with Crippen molar-refractivity contribution in [3.05, 3.63) is 160 Å². The molecule has 11 aromatic rings. The number of nitrogens with two attached hydrogens (primary N) is 2. The van der Waals surface area contributed by atoms with Gasteiger partial charge in [0, 0.05) is 112 Å². The summed E-state index contributed by atoms with van der Waals surface area (Å²) in [6.45, 7) is 15.5. The van der Waals surface area contributed by atoms with Crippen LogP contribution in [0.15, 0.2) is 95.8 Å². The lowest BCUT2D eigenvalue weighted by atomic mass is 10.2. The summed E-state index contributed by atoms with van der Waals surface area (Å²) in [5.74, 6) is 7.17. The quantitative estimate of drug-likeness (QED) is 0.0178. The van der Waals surface area contributed by atoms with Crippen LogP contribution >= 0.6 is 120 Å². The summed E-state index contributed by atoms with van der Waals surface area (Å²) in [7, 11) is 6.75. The molecule has 2 fully saturated rings. The Morgan fingerprint density at radius 3 is 1.49 bits per heavy atom. The van der Waals surface area contributed by atoms with Gasteiger partial charge in [-0.15, -0.1) is 15.3 Å². The number of rotatable bonds is 2.